The number of amides is 15. The van der Waals surface area contributed by atoms with Gasteiger partial charge in [-0.05, 0) is 112 Å². The van der Waals surface area contributed by atoms with Gasteiger partial charge in [-0.1, -0.05) is 89.8 Å². The van der Waals surface area contributed by atoms with Gasteiger partial charge in [0, 0.05) is 143 Å². The van der Waals surface area contributed by atoms with Gasteiger partial charge in [0.25, 0.3) is 0 Å². The number of imidazole rings is 1. The number of aromatic amines is 3. The van der Waals surface area contributed by atoms with E-state index in [-0.39, 0.29) is 95.2 Å². The van der Waals surface area contributed by atoms with Crippen LogP contribution in [0.1, 0.15) is 153 Å². The Labute approximate surface area is 795 Å². The number of carbonyl (C=O) groups excluding carboxylic acids is 17. The minimum atomic E-state index is -1.84. The minimum Gasteiger partial charge on any atom is -0.394 e. The molecule has 137 heavy (non-hydrogen) atoms. The normalized spacial score (nSPS) is 24.7. The first-order chi connectivity index (χ1) is 65.2. The van der Waals surface area contributed by atoms with Crippen LogP contribution in [0.15, 0.2) is 91.6 Å². The molecule has 6 heterocycles. The highest BCUT2D eigenvalue weighted by Gasteiger charge is 2.47. The van der Waals surface area contributed by atoms with Crippen molar-refractivity contribution in [1.82, 2.24) is 92.3 Å². The Morgan fingerprint density at radius 3 is 1.77 bits per heavy atom. The summed E-state index contributed by atoms with van der Waals surface area (Å²) in [7, 11) is 3.84. The number of nitrogens with two attached hydrogens (primary N) is 3. The van der Waals surface area contributed by atoms with Gasteiger partial charge in [-0.25, -0.2) is 13.8 Å². The molecule has 3 fully saturated rings. The molecule has 744 valence electrons. The molecule has 3 aliphatic rings. The average Bonchev–Trinajstić information content (AvgIpc) is 1.64. The zero-order valence-electron chi connectivity index (χ0n) is 78.2. The van der Waals surface area contributed by atoms with Crippen LogP contribution in [0.25, 0.3) is 21.8 Å². The summed E-state index contributed by atoms with van der Waals surface area (Å²) in [5, 5.41) is 55.4. The standard InChI is InChI=1S/C93H128F2N22O19S/c1-9-11-24-72-86(130)107-65(23-17-27-101-93(98)99)84(128)112-71(83(127)104-44-79(97)123)47-137-48-80(124)106-68(32-52-30-57(94)37-58(95)31-52)89(133)113(6)51(5)81(125)109-69(40-78(96)122)90(134)116-28-18-26-73(116)87(131)108-66(38-59-43-100-49-105-59)85(129)110-67(29-50(3)4)91(135)117-45-60(119)39-75(117)77(121)35-53(33-55-41-102-63-21-15-13-19-61(55)63)82(126)111-70(46-118)76(120)36-54(34-56-42-103-64-22-16-14-20-62(56)64)88(132)115(8)74(25-12-10-2)92(136)114(72)7/h13-16,19-22,30-31,37,41-43,49-51,53-54,60,65-75,102-103,118-119H,9-12,17-18,23-29,32-36,38-40,44-48H2,1-8H3,(H2,96,122)(H2,97,123)(H,100,105)(H,104,127)(H,106,124)(H,107,130)(H,108,131)(H,109,125)(H,110,129)(H,111,126)(H,112,128)(H4,98,99,101)/t51-,53+,54+,60+,65-,66-,67-,68-,69-,70-,71-,72-,73-,74-,75-/m0/s1. The van der Waals surface area contributed by atoms with E-state index in [4.69, 9.17) is 22.6 Å². The molecule has 15 amide bonds. The van der Waals surface area contributed by atoms with Crippen LogP contribution in [0, 0.1) is 34.8 Å². The number of fused-ring (bicyclic) bond motifs is 4. The number of aliphatic hydroxyl groups excluding tert-OH is 2. The summed E-state index contributed by atoms with van der Waals surface area (Å²) in [6, 6.07) is -2.38. The predicted octanol–water partition coefficient (Wildman–Crippen LogP) is -0.175. The molecule has 44 heteroatoms. The Bertz CT molecular complexity index is 5310. The lowest BCUT2D eigenvalue weighted by molar-refractivity contribution is -0.150. The number of hydrogen-bond donors (Lipinski definition) is 18. The highest BCUT2D eigenvalue weighted by Crippen LogP contribution is 2.31. The van der Waals surface area contributed by atoms with Crippen molar-refractivity contribution < 1.29 is 101 Å². The number of aromatic nitrogens is 4. The van der Waals surface area contributed by atoms with E-state index in [0.29, 0.717) is 82.1 Å². The first-order valence-electron chi connectivity index (χ1n) is 46.1. The number of unbranched alkanes of at least 4 members (excludes halogenated alkanes) is 2. The monoisotopic (exact) mass is 1930 g/mol. The lowest BCUT2D eigenvalue weighted by atomic mass is 9.88. The number of nitrogens with zero attached hydrogens (tertiary/aromatic N) is 6. The third-order valence-electron chi connectivity index (χ3n) is 24.9. The van der Waals surface area contributed by atoms with Crippen molar-refractivity contribution in [2.75, 3.05) is 65.4 Å². The Hall–Kier alpha value is -13.3. The fraction of sp³-hybridized carbons (Fsp3) is 0.538. The zero-order chi connectivity index (χ0) is 100. The summed E-state index contributed by atoms with van der Waals surface area (Å²) in [6.45, 7) is 5.96. The Kier molecular flexibility index (Phi) is 40.0. The van der Waals surface area contributed by atoms with Gasteiger partial charge < -0.3 is 115 Å². The number of halogens is 2. The maximum atomic E-state index is 15.8. The molecule has 41 nitrogen and oxygen atoms in total. The molecule has 3 aliphatic heterocycles. The summed E-state index contributed by atoms with van der Waals surface area (Å²) < 4.78 is 29.9. The molecular formula is C93H128F2N22O19S. The number of carbonyl (C=O) groups is 17. The fourth-order valence-corrected chi connectivity index (χ4v) is 18.3. The molecule has 3 saturated heterocycles. The maximum Gasteiger partial charge on any atom is 0.246 e. The lowest BCUT2D eigenvalue weighted by Crippen LogP contribution is -2.60. The number of thioether (sulfide) groups is 1. The molecule has 0 saturated carbocycles. The smallest absolute Gasteiger partial charge is 0.246 e. The van der Waals surface area contributed by atoms with Gasteiger partial charge in [0.15, 0.2) is 17.5 Å². The number of rotatable bonds is 26. The summed E-state index contributed by atoms with van der Waals surface area (Å²) in [6.07, 6.45) is 2.21. The number of ketones is 2. The number of H-pyrrole nitrogens is 3. The molecule has 0 unspecified atom stereocenters. The second-order valence-electron chi connectivity index (χ2n) is 35.7. The number of guanidine groups is 1. The molecular weight excluding hydrogens is 1800 g/mol. The van der Waals surface area contributed by atoms with Gasteiger partial charge in [0.1, 0.15) is 78.1 Å². The van der Waals surface area contributed by atoms with Gasteiger partial charge in [-0.2, -0.15) is 0 Å². The first kappa shape index (κ1) is 107. The van der Waals surface area contributed by atoms with Gasteiger partial charge in [0.2, 0.25) is 88.6 Å². The van der Waals surface area contributed by atoms with E-state index < -0.39 is 265 Å². The van der Waals surface area contributed by atoms with Crippen molar-refractivity contribution in [3.8, 4) is 0 Å². The predicted molar refractivity (Wildman–Crippen MR) is 500 cm³/mol. The molecule has 21 N–H and O–H groups in total. The molecule has 3 aromatic heterocycles. The second-order valence-corrected chi connectivity index (χ2v) is 36.7. The SMILES string of the molecule is CCCC[C@H]1C(=O)N(C)[C@@H](CCCC)C(=O)N[C@@H](CCCNC(=N)N)C(=O)N[C@H](C(=O)NCC(N)=O)CSCC(=O)N[C@@H](Cc2cc(F)cc(F)c2)C(=O)N(C)[C@@H](C)C(=O)N[C@@H](CC(N)=O)C(=O)N2CCC[C@H]2C(=O)N[C@@H](Cc2cnc[nH]2)C(=O)N[C@@H](CC(C)C)C(=O)N2C[C@H](O)C[C@H]2C(=O)C[C@@H](Cc2c[nH]c3ccccc23)C(=O)N[C@@H](CO)C(=O)C[C@@H](Cc2c[nH]c3ccccc23)C(=O)N1C. The molecule has 0 bridgehead atoms. The van der Waals surface area contributed by atoms with Gasteiger partial charge >= 0.3 is 0 Å². The lowest BCUT2D eigenvalue weighted by Gasteiger charge is -2.36. The van der Waals surface area contributed by atoms with Crippen LogP contribution in [-0.4, -0.2) is 305 Å². The molecule has 0 radical (unpaired) electrons. The van der Waals surface area contributed by atoms with Gasteiger partial charge in [-0.15, -0.1) is 11.8 Å². The van der Waals surface area contributed by atoms with E-state index in [1.54, 1.807) is 74.8 Å². The molecule has 0 aliphatic carbocycles. The van der Waals surface area contributed by atoms with Crippen LogP contribution in [0.5, 0.6) is 0 Å². The third-order valence-corrected chi connectivity index (χ3v) is 25.9. The van der Waals surface area contributed by atoms with Gasteiger partial charge in [0.05, 0.1) is 43.8 Å². The van der Waals surface area contributed by atoms with E-state index in [1.165, 1.54) is 38.4 Å². The van der Waals surface area contributed by atoms with Crippen molar-refractivity contribution in [2.45, 2.75) is 235 Å². The Morgan fingerprint density at radius 1 is 0.584 bits per heavy atom. The van der Waals surface area contributed by atoms with Crippen molar-refractivity contribution in [1.29, 1.82) is 5.41 Å². The number of Topliss-reactive ketones (excluding diaryl/α,β-unsaturated/α-hetero) is 2. The van der Waals surface area contributed by atoms with Crippen molar-refractivity contribution in [3.63, 3.8) is 0 Å². The van der Waals surface area contributed by atoms with Crippen LogP contribution in [0.2, 0.25) is 0 Å². The van der Waals surface area contributed by atoms with Crippen LogP contribution >= 0.6 is 11.8 Å². The largest absolute Gasteiger partial charge is 0.394 e. The van der Waals surface area contributed by atoms with Crippen LogP contribution in [0.3, 0.4) is 0 Å². The highest BCUT2D eigenvalue weighted by atomic mass is 32.2. The summed E-state index contributed by atoms with van der Waals surface area (Å²) in [5.74, 6) is -22.8. The van der Waals surface area contributed by atoms with Crippen LogP contribution in [-0.2, 0) is 107 Å². The van der Waals surface area contributed by atoms with E-state index in [1.807, 2.05) is 13.8 Å². The molecule has 0 spiro atoms. The number of primary amides is 2. The zero-order valence-corrected chi connectivity index (χ0v) is 79.0. The third kappa shape index (κ3) is 30.1. The topological polar surface area (TPSA) is 617 Å². The van der Waals surface area contributed by atoms with E-state index in [0.717, 1.165) is 38.8 Å². The summed E-state index contributed by atoms with van der Waals surface area (Å²) in [4.78, 5) is 270. The Morgan fingerprint density at radius 2 is 1.17 bits per heavy atom. The van der Waals surface area contributed by atoms with E-state index >= 15 is 38.4 Å². The maximum absolute atomic E-state index is 15.8. The molecule has 3 aromatic carbocycles. The number of para-hydroxylation sites is 2. The molecule has 9 rings (SSSR count). The van der Waals surface area contributed by atoms with Crippen molar-refractivity contribution in [2.24, 2.45) is 35.0 Å². The number of nitrogens with one attached hydrogen (secondary N) is 13. The first-order valence-corrected chi connectivity index (χ1v) is 47.2. The number of hydrogen-bond acceptors (Lipinski definition) is 22. The number of benzene rings is 3. The molecule has 6 aromatic rings. The summed E-state index contributed by atoms with van der Waals surface area (Å²) in [5.41, 5.74) is 19.3. The molecule has 15 atom stereocenters. The van der Waals surface area contributed by atoms with Crippen LogP contribution in [0.4, 0.5) is 8.78 Å². The Balaban J connectivity index is 1.11. The van der Waals surface area contributed by atoms with E-state index in [2.05, 4.69) is 67.8 Å². The number of aliphatic hydroxyl groups is 2. The second kappa shape index (κ2) is 51.1. The van der Waals surface area contributed by atoms with Crippen LogP contribution < -0.4 is 65.1 Å². The fourth-order valence-electron chi connectivity index (χ4n) is 17.4. The minimum absolute atomic E-state index is 0.00404. The average molecular weight is 1930 g/mol. The number of likely N-dealkylation sites (N-methyl/N-ethyl adjacent to an activating group) is 3. The van der Waals surface area contributed by atoms with Crippen molar-refractivity contribution >= 4 is 140 Å². The van der Waals surface area contributed by atoms with Gasteiger partial charge in [-0.3, -0.25) is 86.9 Å². The summed E-state index contributed by atoms with van der Waals surface area (Å²) >= 11 is 0.682. The highest BCUT2D eigenvalue weighted by molar-refractivity contribution is 8.00. The quantitative estimate of drug-likeness (QED) is 0.0190. The van der Waals surface area contributed by atoms with E-state index in [9.17, 15) is 62.1 Å². The van der Waals surface area contributed by atoms with Crippen molar-refractivity contribution in [3.05, 3.63) is 126 Å².